The van der Waals surface area contributed by atoms with Gasteiger partial charge in [-0.25, -0.2) is 9.37 Å². The van der Waals surface area contributed by atoms with Gasteiger partial charge in [0.2, 0.25) is 5.91 Å². The van der Waals surface area contributed by atoms with Gasteiger partial charge in [0.05, 0.1) is 6.20 Å². The van der Waals surface area contributed by atoms with Crippen LogP contribution in [0.5, 0.6) is 0 Å². The number of likely N-dealkylation sites (tertiary alicyclic amines) is 1. The zero-order valence-corrected chi connectivity index (χ0v) is 18.4. The molecule has 2 aromatic heterocycles. The lowest BCUT2D eigenvalue weighted by Gasteiger charge is -2.36. The van der Waals surface area contributed by atoms with Crippen molar-refractivity contribution in [3.63, 3.8) is 0 Å². The molecular formula is C25H29FN4O2. The van der Waals surface area contributed by atoms with E-state index < -0.39 is 0 Å². The number of amides is 1. The molecule has 32 heavy (non-hydrogen) atoms. The number of rotatable bonds is 8. The number of pyridine rings is 1. The average Bonchev–Trinajstić information content (AvgIpc) is 3.31. The molecule has 168 valence electrons. The monoisotopic (exact) mass is 436 g/mol. The van der Waals surface area contributed by atoms with Crippen LogP contribution in [0.25, 0.3) is 11.3 Å². The van der Waals surface area contributed by atoms with Gasteiger partial charge >= 0.3 is 0 Å². The minimum Gasteiger partial charge on any atom is -0.441 e. The number of halogens is 1. The Balaban J connectivity index is 1.20. The molecular weight excluding hydrogens is 407 g/mol. The summed E-state index contributed by atoms with van der Waals surface area (Å²) < 4.78 is 18.8. The van der Waals surface area contributed by atoms with Gasteiger partial charge in [-0.1, -0.05) is 6.07 Å². The quantitative estimate of drug-likeness (QED) is 0.535. The lowest BCUT2D eigenvalue weighted by molar-refractivity contribution is -0.132. The first-order valence-corrected chi connectivity index (χ1v) is 11.2. The fourth-order valence-corrected chi connectivity index (χ4v) is 4.12. The summed E-state index contributed by atoms with van der Waals surface area (Å²) in [5, 5.41) is 0. The van der Waals surface area contributed by atoms with Crippen LogP contribution in [0.15, 0.2) is 59.3 Å². The molecule has 3 heterocycles. The first kappa shape index (κ1) is 22.1. The molecule has 7 heteroatoms. The van der Waals surface area contributed by atoms with Crippen LogP contribution in [0.4, 0.5) is 4.39 Å². The Bertz CT molecular complexity index is 998. The highest BCUT2D eigenvalue weighted by Crippen LogP contribution is 2.22. The molecule has 0 N–H and O–H groups in total. The summed E-state index contributed by atoms with van der Waals surface area (Å²) in [6.45, 7) is 2.99. The molecule has 1 aliphatic heterocycles. The van der Waals surface area contributed by atoms with Crippen LogP contribution in [0.1, 0.15) is 30.8 Å². The average molecular weight is 437 g/mol. The summed E-state index contributed by atoms with van der Waals surface area (Å²) in [5.41, 5.74) is 1.89. The highest BCUT2D eigenvalue weighted by Gasteiger charge is 2.25. The maximum absolute atomic E-state index is 13.1. The van der Waals surface area contributed by atoms with Crippen LogP contribution in [0, 0.1) is 5.82 Å². The highest BCUT2D eigenvalue weighted by atomic mass is 19.1. The molecule has 0 aliphatic carbocycles. The molecule has 0 atom stereocenters. The Morgan fingerprint density at radius 1 is 1.12 bits per heavy atom. The number of carbonyl (C=O) groups is 1. The number of nitrogens with zero attached hydrogens (tertiary/aromatic N) is 4. The number of piperidine rings is 1. The summed E-state index contributed by atoms with van der Waals surface area (Å²) in [6.07, 6.45) is 7.20. The van der Waals surface area contributed by atoms with Crippen LogP contribution in [0.3, 0.4) is 0 Å². The molecule has 1 fully saturated rings. The molecule has 6 nitrogen and oxygen atoms in total. The van der Waals surface area contributed by atoms with E-state index in [1.807, 2.05) is 30.3 Å². The zero-order chi connectivity index (χ0) is 22.3. The molecule has 0 unspecified atom stereocenters. The lowest BCUT2D eigenvalue weighted by atomic mass is 10.0. The van der Waals surface area contributed by atoms with E-state index in [2.05, 4.69) is 20.9 Å². The summed E-state index contributed by atoms with van der Waals surface area (Å²) in [5.74, 6) is 0.925. The van der Waals surface area contributed by atoms with Crippen molar-refractivity contribution in [1.82, 2.24) is 19.8 Å². The van der Waals surface area contributed by atoms with Gasteiger partial charge in [0.25, 0.3) is 0 Å². The maximum atomic E-state index is 13.1. The van der Waals surface area contributed by atoms with Gasteiger partial charge in [0, 0.05) is 69.4 Å². The van der Waals surface area contributed by atoms with Crippen molar-refractivity contribution in [2.75, 3.05) is 26.7 Å². The Labute approximate surface area is 188 Å². The first-order valence-electron chi connectivity index (χ1n) is 11.2. The van der Waals surface area contributed by atoms with E-state index >= 15 is 0 Å². The summed E-state index contributed by atoms with van der Waals surface area (Å²) >= 11 is 0. The van der Waals surface area contributed by atoms with E-state index in [1.54, 1.807) is 18.3 Å². The normalized spacial score (nSPS) is 15.1. The molecule has 1 aliphatic rings. The molecule has 3 aromatic rings. The summed E-state index contributed by atoms with van der Waals surface area (Å²) in [4.78, 5) is 25.7. The number of carbonyl (C=O) groups excluding carboxylic acids is 1. The van der Waals surface area contributed by atoms with Crippen molar-refractivity contribution < 1.29 is 13.6 Å². The van der Waals surface area contributed by atoms with Crippen molar-refractivity contribution in [3.05, 3.63) is 72.3 Å². The topological polar surface area (TPSA) is 62.5 Å². The van der Waals surface area contributed by atoms with Crippen LogP contribution >= 0.6 is 0 Å². The van der Waals surface area contributed by atoms with Crippen molar-refractivity contribution >= 4 is 5.91 Å². The minimum absolute atomic E-state index is 0.110. The molecule has 0 spiro atoms. The molecule has 4 rings (SSSR count). The fraction of sp³-hybridized carbons (Fsp3) is 0.400. The van der Waals surface area contributed by atoms with E-state index in [1.165, 1.54) is 12.1 Å². The SMILES string of the molecule is CN(C(=O)CCc1ncc(-c2ccc(F)cc2)o1)C1CCN(CCc2ccccn2)CC1. The van der Waals surface area contributed by atoms with Crippen molar-refractivity contribution in [3.8, 4) is 11.3 Å². The number of hydrogen-bond acceptors (Lipinski definition) is 5. The number of oxazole rings is 1. The third-order valence-electron chi connectivity index (χ3n) is 6.14. The third kappa shape index (κ3) is 5.79. The molecule has 1 aromatic carbocycles. The minimum atomic E-state index is -0.291. The maximum Gasteiger partial charge on any atom is 0.223 e. The summed E-state index contributed by atoms with van der Waals surface area (Å²) in [7, 11) is 1.90. The van der Waals surface area contributed by atoms with E-state index in [0.29, 0.717) is 24.5 Å². The predicted octanol–water partition coefficient (Wildman–Crippen LogP) is 3.97. The number of aryl methyl sites for hydroxylation is 1. The second-order valence-electron chi connectivity index (χ2n) is 8.27. The smallest absolute Gasteiger partial charge is 0.223 e. The van der Waals surface area contributed by atoms with Crippen LogP contribution in [-0.4, -0.2) is 58.4 Å². The van der Waals surface area contributed by atoms with Crippen molar-refractivity contribution in [1.29, 1.82) is 0 Å². The van der Waals surface area contributed by atoms with Gasteiger partial charge in [0.1, 0.15) is 5.82 Å². The third-order valence-corrected chi connectivity index (χ3v) is 6.14. The largest absolute Gasteiger partial charge is 0.441 e. The Kier molecular flexibility index (Phi) is 7.27. The molecule has 1 saturated heterocycles. The van der Waals surface area contributed by atoms with E-state index in [4.69, 9.17) is 4.42 Å². The van der Waals surface area contributed by atoms with Gasteiger partial charge < -0.3 is 14.2 Å². The van der Waals surface area contributed by atoms with Crippen molar-refractivity contribution in [2.45, 2.75) is 38.1 Å². The fourth-order valence-electron chi connectivity index (χ4n) is 4.12. The summed E-state index contributed by atoms with van der Waals surface area (Å²) in [6, 6.07) is 12.4. The second kappa shape index (κ2) is 10.5. The van der Waals surface area contributed by atoms with Gasteiger partial charge in [-0.2, -0.15) is 0 Å². The van der Waals surface area contributed by atoms with Crippen LogP contribution in [0.2, 0.25) is 0 Å². The molecule has 1 amide bonds. The highest BCUT2D eigenvalue weighted by molar-refractivity contribution is 5.76. The molecule has 0 bridgehead atoms. The predicted molar refractivity (Wildman–Crippen MR) is 120 cm³/mol. The van der Waals surface area contributed by atoms with Gasteiger partial charge in [-0.05, 0) is 49.2 Å². The second-order valence-corrected chi connectivity index (χ2v) is 8.27. The first-order chi connectivity index (χ1) is 15.6. The van der Waals surface area contributed by atoms with E-state index in [-0.39, 0.29) is 17.8 Å². The number of hydrogen-bond donors (Lipinski definition) is 0. The number of benzene rings is 1. The van der Waals surface area contributed by atoms with E-state index in [0.717, 1.165) is 50.2 Å². The molecule has 0 saturated carbocycles. The zero-order valence-electron chi connectivity index (χ0n) is 18.4. The Hall–Kier alpha value is -3.06. The van der Waals surface area contributed by atoms with Crippen molar-refractivity contribution in [2.24, 2.45) is 0 Å². The Morgan fingerprint density at radius 3 is 2.62 bits per heavy atom. The Morgan fingerprint density at radius 2 is 1.91 bits per heavy atom. The van der Waals surface area contributed by atoms with Gasteiger partial charge in [-0.15, -0.1) is 0 Å². The van der Waals surface area contributed by atoms with Crippen LogP contribution in [-0.2, 0) is 17.6 Å². The lowest BCUT2D eigenvalue weighted by Crippen LogP contribution is -2.46. The molecule has 0 radical (unpaired) electrons. The van der Waals surface area contributed by atoms with Crippen LogP contribution < -0.4 is 0 Å². The van der Waals surface area contributed by atoms with Gasteiger partial charge in [-0.3, -0.25) is 9.78 Å². The standard InChI is InChI=1S/C25H29FN4O2/c1-29(22-12-16-30(17-13-22)15-11-21-4-2-3-14-27-21)25(31)10-9-24-28-18-23(32-24)19-5-7-20(26)8-6-19/h2-8,14,18,22H,9-13,15-17H2,1H3. The van der Waals surface area contributed by atoms with E-state index in [9.17, 15) is 9.18 Å². The van der Waals surface area contributed by atoms with Gasteiger partial charge in [0.15, 0.2) is 11.7 Å². The number of aromatic nitrogens is 2.